The van der Waals surface area contributed by atoms with Crippen molar-refractivity contribution in [3.05, 3.63) is 54.1 Å². The Balaban J connectivity index is 2.35. The molecule has 2 rings (SSSR count). The normalized spacial score (nSPS) is 12.0. The van der Waals surface area contributed by atoms with E-state index in [-0.39, 0.29) is 22.9 Å². The summed E-state index contributed by atoms with van der Waals surface area (Å²) < 4.78 is 57.2. The number of rotatable bonds is 7. The molecule has 1 N–H and O–H groups in total. The lowest BCUT2D eigenvalue weighted by Crippen LogP contribution is -2.27. The Morgan fingerprint density at radius 1 is 1.04 bits per heavy atom. The van der Waals surface area contributed by atoms with Crippen LogP contribution in [-0.2, 0) is 26.6 Å². The van der Waals surface area contributed by atoms with Crippen LogP contribution in [-0.4, -0.2) is 37.2 Å². The second kappa shape index (κ2) is 7.42. The summed E-state index contributed by atoms with van der Waals surface area (Å²) in [7, 11) is -4.66. The van der Waals surface area contributed by atoms with Crippen LogP contribution in [0.3, 0.4) is 0 Å². The first kappa shape index (κ1) is 19.2. The number of ether oxygens (including phenoxy) is 1. The first-order chi connectivity index (χ1) is 11.6. The average molecular weight is 384 g/mol. The van der Waals surface area contributed by atoms with Gasteiger partial charge in [-0.25, -0.2) is 21.6 Å². The molecule has 0 unspecified atom stereocenters. The molecule has 7 nitrogen and oxygen atoms in total. The predicted molar refractivity (Wildman–Crippen MR) is 96.7 cm³/mol. The smallest absolute Gasteiger partial charge is 0.240 e. The third kappa shape index (κ3) is 4.71. The summed E-state index contributed by atoms with van der Waals surface area (Å²) in [5, 5.41) is 0. The van der Waals surface area contributed by atoms with Gasteiger partial charge in [0.25, 0.3) is 0 Å². The molecule has 0 aromatic heterocycles. The maximum atomic E-state index is 12.5. The van der Waals surface area contributed by atoms with Gasteiger partial charge in [0.15, 0.2) is 0 Å². The standard InChI is InChI=1S/C16H20N2O5S2/c1-18(24(3,19)20)15-11-14(9-10-16(15)23-2)25(21,22)17-12-13-7-5-4-6-8-13/h4-11,17H,12H2,1-3H3. The number of sulfonamides is 2. The van der Waals surface area contributed by atoms with Crippen LogP contribution >= 0.6 is 0 Å². The SMILES string of the molecule is COc1ccc(S(=O)(=O)NCc2ccccc2)cc1N(C)S(C)(=O)=O. The van der Waals surface area contributed by atoms with Crippen molar-refractivity contribution in [3.63, 3.8) is 0 Å². The van der Waals surface area contributed by atoms with Gasteiger partial charge >= 0.3 is 0 Å². The summed E-state index contributed by atoms with van der Waals surface area (Å²) in [6.45, 7) is 0.131. The molecule has 0 saturated heterocycles. The molecular formula is C16H20N2O5S2. The molecule has 0 fully saturated rings. The number of hydrogen-bond donors (Lipinski definition) is 1. The van der Waals surface area contributed by atoms with Crippen LogP contribution in [0.25, 0.3) is 0 Å². The second-order valence-corrected chi connectivity index (χ2v) is 9.16. The summed E-state index contributed by atoms with van der Waals surface area (Å²) >= 11 is 0. The molecule has 0 aliphatic heterocycles. The molecule has 2 aromatic rings. The fraction of sp³-hybridized carbons (Fsp3) is 0.250. The maximum Gasteiger partial charge on any atom is 0.240 e. The number of benzene rings is 2. The van der Waals surface area contributed by atoms with Gasteiger partial charge in [-0.15, -0.1) is 0 Å². The third-order valence-electron chi connectivity index (χ3n) is 3.61. The van der Waals surface area contributed by atoms with Gasteiger partial charge in [-0.3, -0.25) is 4.31 Å². The molecule has 0 radical (unpaired) electrons. The summed E-state index contributed by atoms with van der Waals surface area (Å²) in [5.74, 6) is 0.259. The fourth-order valence-corrected chi connectivity index (χ4v) is 3.66. The first-order valence-electron chi connectivity index (χ1n) is 7.30. The Bertz CT molecular complexity index is 942. The Kier molecular flexibility index (Phi) is 5.71. The number of hydrogen-bond acceptors (Lipinski definition) is 5. The van der Waals surface area contributed by atoms with E-state index in [9.17, 15) is 16.8 Å². The zero-order valence-electron chi connectivity index (χ0n) is 14.1. The molecule has 25 heavy (non-hydrogen) atoms. The minimum absolute atomic E-state index is 0.0465. The van der Waals surface area contributed by atoms with Crippen molar-refractivity contribution in [2.45, 2.75) is 11.4 Å². The van der Waals surface area contributed by atoms with E-state index in [1.807, 2.05) is 18.2 Å². The number of nitrogens with zero attached hydrogens (tertiary/aromatic N) is 1. The molecule has 0 aliphatic carbocycles. The van der Waals surface area contributed by atoms with Crippen molar-refractivity contribution in [1.29, 1.82) is 0 Å². The molecule has 9 heteroatoms. The molecule has 0 aliphatic rings. The highest BCUT2D eigenvalue weighted by atomic mass is 32.2. The maximum absolute atomic E-state index is 12.5. The van der Waals surface area contributed by atoms with Gasteiger partial charge < -0.3 is 4.74 Å². The van der Waals surface area contributed by atoms with E-state index in [1.165, 1.54) is 32.4 Å². The van der Waals surface area contributed by atoms with E-state index in [4.69, 9.17) is 4.74 Å². The Morgan fingerprint density at radius 2 is 1.68 bits per heavy atom. The molecule has 0 atom stereocenters. The van der Waals surface area contributed by atoms with Crippen LogP contribution in [0.5, 0.6) is 5.75 Å². The lowest BCUT2D eigenvalue weighted by molar-refractivity contribution is 0.415. The largest absolute Gasteiger partial charge is 0.495 e. The van der Waals surface area contributed by atoms with Gasteiger partial charge in [0.1, 0.15) is 5.75 Å². The van der Waals surface area contributed by atoms with Gasteiger partial charge in [-0.05, 0) is 23.8 Å². The van der Waals surface area contributed by atoms with E-state index >= 15 is 0 Å². The van der Waals surface area contributed by atoms with Crippen LogP contribution in [0.1, 0.15) is 5.56 Å². The zero-order chi connectivity index (χ0) is 18.7. The van der Waals surface area contributed by atoms with E-state index in [1.54, 1.807) is 12.1 Å². The van der Waals surface area contributed by atoms with Crippen LogP contribution in [0.2, 0.25) is 0 Å². The minimum atomic E-state index is -3.81. The van der Waals surface area contributed by atoms with Crippen molar-refractivity contribution < 1.29 is 21.6 Å². The molecule has 2 aromatic carbocycles. The van der Waals surface area contributed by atoms with Crippen LogP contribution < -0.4 is 13.8 Å². The van der Waals surface area contributed by atoms with E-state index < -0.39 is 20.0 Å². The van der Waals surface area contributed by atoms with Crippen molar-refractivity contribution in [2.75, 3.05) is 24.7 Å². The van der Waals surface area contributed by atoms with Crippen LogP contribution in [0.15, 0.2) is 53.4 Å². The van der Waals surface area contributed by atoms with Gasteiger partial charge in [0.2, 0.25) is 20.0 Å². The van der Waals surface area contributed by atoms with Gasteiger partial charge in [0, 0.05) is 13.6 Å². The Hall–Kier alpha value is -2.10. The average Bonchev–Trinajstić information content (AvgIpc) is 2.59. The molecule has 0 amide bonds. The monoisotopic (exact) mass is 384 g/mol. The van der Waals surface area contributed by atoms with Gasteiger partial charge in [-0.2, -0.15) is 0 Å². The van der Waals surface area contributed by atoms with Crippen LogP contribution in [0, 0.1) is 0 Å². The third-order valence-corrected chi connectivity index (χ3v) is 6.20. The van der Waals surface area contributed by atoms with E-state index in [0.717, 1.165) is 16.1 Å². The van der Waals surface area contributed by atoms with E-state index in [0.29, 0.717) is 0 Å². The fourth-order valence-electron chi connectivity index (χ4n) is 2.12. The summed E-state index contributed by atoms with van der Waals surface area (Å²) in [5.41, 5.74) is 0.959. The topological polar surface area (TPSA) is 92.8 Å². The molecule has 136 valence electrons. The quantitative estimate of drug-likeness (QED) is 0.782. The van der Waals surface area contributed by atoms with Gasteiger partial charge in [-0.1, -0.05) is 30.3 Å². The molecule has 0 bridgehead atoms. The predicted octanol–water partition coefficient (Wildman–Crippen LogP) is 1.57. The van der Waals surface area contributed by atoms with Crippen LogP contribution in [0.4, 0.5) is 5.69 Å². The number of methoxy groups -OCH3 is 1. The summed E-state index contributed by atoms with van der Waals surface area (Å²) in [6.07, 6.45) is 1.03. The number of anilines is 1. The highest BCUT2D eigenvalue weighted by Crippen LogP contribution is 2.31. The molecule has 0 saturated carbocycles. The van der Waals surface area contributed by atoms with Crippen molar-refractivity contribution >= 4 is 25.7 Å². The minimum Gasteiger partial charge on any atom is -0.495 e. The highest BCUT2D eigenvalue weighted by Gasteiger charge is 2.21. The molecule has 0 heterocycles. The Labute approximate surface area is 148 Å². The lowest BCUT2D eigenvalue weighted by atomic mass is 10.2. The Morgan fingerprint density at radius 3 is 2.24 bits per heavy atom. The highest BCUT2D eigenvalue weighted by molar-refractivity contribution is 7.92. The molecule has 0 spiro atoms. The second-order valence-electron chi connectivity index (χ2n) is 5.37. The van der Waals surface area contributed by atoms with Gasteiger partial charge in [0.05, 0.1) is 23.9 Å². The van der Waals surface area contributed by atoms with Crippen molar-refractivity contribution in [3.8, 4) is 5.75 Å². The summed E-state index contributed by atoms with van der Waals surface area (Å²) in [4.78, 5) is -0.0465. The lowest BCUT2D eigenvalue weighted by Gasteiger charge is -2.20. The van der Waals surface area contributed by atoms with E-state index in [2.05, 4.69) is 4.72 Å². The van der Waals surface area contributed by atoms with Crippen molar-refractivity contribution in [2.24, 2.45) is 0 Å². The summed E-state index contributed by atoms with van der Waals surface area (Å²) in [6, 6.07) is 13.1. The zero-order valence-corrected chi connectivity index (χ0v) is 15.8. The first-order valence-corrected chi connectivity index (χ1v) is 10.6. The molecular weight excluding hydrogens is 364 g/mol. The number of nitrogens with one attached hydrogen (secondary N) is 1. The van der Waals surface area contributed by atoms with Crippen molar-refractivity contribution in [1.82, 2.24) is 4.72 Å².